The van der Waals surface area contributed by atoms with Crippen LogP contribution in [0.4, 0.5) is 5.69 Å². The molecule has 3 aliphatic rings. The SMILES string of the molecule is O=C(CCN1CCNCCNCC1)Nc1ccccc1-c1c2nc(cc3ccc(cc4nc(cc5ccc1[nH]5)C=C4)[nH]3)C=C2. The molecule has 3 aromatic heterocycles. The van der Waals surface area contributed by atoms with Crippen molar-refractivity contribution in [3.8, 4) is 11.1 Å². The van der Waals surface area contributed by atoms with Gasteiger partial charge in [0.2, 0.25) is 5.91 Å². The topological polar surface area (TPSA) is 114 Å². The van der Waals surface area contributed by atoms with Crippen LogP contribution in [0, 0.1) is 0 Å². The third-order valence-corrected chi connectivity index (χ3v) is 8.03. The van der Waals surface area contributed by atoms with Crippen molar-refractivity contribution in [1.82, 2.24) is 35.5 Å². The first kappa shape index (κ1) is 28.0. The first-order chi connectivity index (χ1) is 21.7. The monoisotopic (exact) mass is 584 g/mol. The first-order valence-corrected chi connectivity index (χ1v) is 15.3. The summed E-state index contributed by atoms with van der Waals surface area (Å²) in [5.74, 6) is -0.00511. The van der Waals surface area contributed by atoms with Gasteiger partial charge in [0.1, 0.15) is 0 Å². The molecule has 0 saturated carbocycles. The van der Waals surface area contributed by atoms with Crippen molar-refractivity contribution in [2.45, 2.75) is 6.42 Å². The molecule has 5 N–H and O–H groups in total. The fraction of sp³-hybridized carbons (Fsp3) is 0.229. The van der Waals surface area contributed by atoms with Crippen molar-refractivity contribution in [2.75, 3.05) is 51.1 Å². The minimum atomic E-state index is -0.00511. The highest BCUT2D eigenvalue weighted by atomic mass is 16.1. The summed E-state index contributed by atoms with van der Waals surface area (Å²) in [5.41, 5.74) is 9.81. The Morgan fingerprint density at radius 3 is 2.11 bits per heavy atom. The smallest absolute Gasteiger partial charge is 0.225 e. The summed E-state index contributed by atoms with van der Waals surface area (Å²) in [6.45, 7) is 6.38. The molecular weight excluding hydrogens is 548 g/mol. The number of rotatable bonds is 5. The summed E-state index contributed by atoms with van der Waals surface area (Å²) in [6, 6.07) is 22.3. The molecule has 0 aliphatic carbocycles. The molecule has 0 unspecified atom stereocenters. The molecule has 222 valence electrons. The number of fused-ring (bicyclic) bond motifs is 8. The number of carbonyl (C=O) groups excluding carboxylic acids is 1. The number of hydrogen-bond acceptors (Lipinski definition) is 6. The molecule has 1 fully saturated rings. The van der Waals surface area contributed by atoms with E-state index in [1.54, 1.807) is 0 Å². The number of hydrogen-bond donors (Lipinski definition) is 5. The van der Waals surface area contributed by atoms with Crippen LogP contribution in [0.25, 0.3) is 57.5 Å². The van der Waals surface area contributed by atoms with Crippen LogP contribution in [0.5, 0.6) is 0 Å². The molecule has 8 bridgehead atoms. The van der Waals surface area contributed by atoms with E-state index < -0.39 is 0 Å². The first-order valence-electron chi connectivity index (χ1n) is 15.3. The number of aromatic amines is 2. The summed E-state index contributed by atoms with van der Waals surface area (Å²) in [7, 11) is 0. The van der Waals surface area contributed by atoms with Gasteiger partial charge in [-0.15, -0.1) is 0 Å². The number of nitrogens with one attached hydrogen (secondary N) is 5. The average molecular weight is 585 g/mol. The van der Waals surface area contributed by atoms with E-state index >= 15 is 0 Å². The third-order valence-electron chi connectivity index (χ3n) is 8.03. The highest BCUT2D eigenvalue weighted by Gasteiger charge is 2.16. The second-order valence-corrected chi connectivity index (χ2v) is 11.2. The summed E-state index contributed by atoms with van der Waals surface area (Å²) < 4.78 is 0. The summed E-state index contributed by atoms with van der Waals surface area (Å²) in [6.07, 6.45) is 8.51. The fourth-order valence-electron chi connectivity index (χ4n) is 5.81. The maximum atomic E-state index is 13.3. The van der Waals surface area contributed by atoms with Gasteiger partial charge in [-0.05, 0) is 72.8 Å². The predicted molar refractivity (Wildman–Crippen MR) is 180 cm³/mol. The van der Waals surface area contributed by atoms with Crippen molar-refractivity contribution in [3.63, 3.8) is 0 Å². The van der Waals surface area contributed by atoms with Crippen LogP contribution >= 0.6 is 0 Å². The summed E-state index contributed by atoms with van der Waals surface area (Å²) in [4.78, 5) is 32.4. The molecule has 0 atom stereocenters. The molecule has 1 saturated heterocycles. The van der Waals surface area contributed by atoms with E-state index in [9.17, 15) is 4.79 Å². The lowest BCUT2D eigenvalue weighted by Crippen LogP contribution is -2.36. The zero-order valence-electron chi connectivity index (χ0n) is 24.6. The maximum absolute atomic E-state index is 13.3. The van der Waals surface area contributed by atoms with Crippen molar-refractivity contribution in [1.29, 1.82) is 0 Å². The van der Waals surface area contributed by atoms with Crippen LogP contribution in [0.15, 0.2) is 66.7 Å². The van der Waals surface area contributed by atoms with Gasteiger partial charge < -0.3 is 30.8 Å². The van der Waals surface area contributed by atoms with E-state index in [4.69, 9.17) is 9.97 Å². The number of para-hydroxylation sites is 1. The Balaban J connectivity index is 1.27. The van der Waals surface area contributed by atoms with Crippen LogP contribution in [0.1, 0.15) is 29.2 Å². The van der Waals surface area contributed by atoms with E-state index in [1.807, 2.05) is 78.9 Å². The Morgan fingerprint density at radius 1 is 0.727 bits per heavy atom. The van der Waals surface area contributed by atoms with Crippen LogP contribution in [-0.2, 0) is 4.79 Å². The molecule has 6 heterocycles. The lowest BCUT2D eigenvalue weighted by molar-refractivity contribution is -0.116. The highest BCUT2D eigenvalue weighted by Crippen LogP contribution is 2.35. The summed E-state index contributed by atoms with van der Waals surface area (Å²) in [5, 5.41) is 10.1. The van der Waals surface area contributed by atoms with Gasteiger partial charge in [0.15, 0.2) is 0 Å². The Labute approximate surface area is 256 Å². The van der Waals surface area contributed by atoms with E-state index in [0.717, 1.165) is 101 Å². The van der Waals surface area contributed by atoms with Crippen LogP contribution in [-0.4, -0.2) is 76.6 Å². The fourth-order valence-corrected chi connectivity index (χ4v) is 5.81. The number of aromatic nitrogens is 4. The van der Waals surface area contributed by atoms with Crippen LogP contribution in [0.3, 0.4) is 0 Å². The van der Waals surface area contributed by atoms with Crippen LogP contribution in [0.2, 0.25) is 0 Å². The molecule has 1 amide bonds. The van der Waals surface area contributed by atoms with E-state index in [2.05, 4.69) is 43.0 Å². The van der Waals surface area contributed by atoms with Gasteiger partial charge in [0, 0.05) is 91.1 Å². The largest absolute Gasteiger partial charge is 0.355 e. The van der Waals surface area contributed by atoms with Crippen molar-refractivity contribution < 1.29 is 4.79 Å². The normalized spacial score (nSPS) is 15.5. The van der Waals surface area contributed by atoms with Gasteiger partial charge in [-0.25, -0.2) is 9.97 Å². The lowest BCUT2D eigenvalue weighted by Gasteiger charge is -2.21. The van der Waals surface area contributed by atoms with Crippen LogP contribution < -0.4 is 16.0 Å². The third kappa shape index (κ3) is 6.55. The minimum Gasteiger partial charge on any atom is -0.355 e. The Hall–Kier alpha value is -4.83. The van der Waals surface area contributed by atoms with E-state index in [-0.39, 0.29) is 5.91 Å². The molecule has 0 spiro atoms. The minimum absolute atomic E-state index is 0.00511. The number of nitrogens with zero attached hydrogens (tertiary/aromatic N) is 3. The molecule has 4 aromatic rings. The number of H-pyrrole nitrogens is 2. The number of amides is 1. The molecule has 1 aromatic carbocycles. The number of carbonyl (C=O) groups is 1. The van der Waals surface area contributed by atoms with E-state index in [1.165, 1.54) is 0 Å². The Bertz CT molecular complexity index is 1890. The lowest BCUT2D eigenvalue weighted by atomic mass is 10.0. The van der Waals surface area contributed by atoms with Gasteiger partial charge in [-0.3, -0.25) is 4.79 Å². The van der Waals surface area contributed by atoms with Gasteiger partial charge in [0.05, 0.1) is 22.8 Å². The van der Waals surface area contributed by atoms with Gasteiger partial charge >= 0.3 is 0 Å². The van der Waals surface area contributed by atoms with Gasteiger partial charge in [-0.2, -0.15) is 0 Å². The zero-order valence-corrected chi connectivity index (χ0v) is 24.6. The van der Waals surface area contributed by atoms with Gasteiger partial charge in [-0.1, -0.05) is 18.2 Å². The molecular formula is C35H36N8O. The molecule has 44 heavy (non-hydrogen) atoms. The molecule has 9 heteroatoms. The molecule has 3 aliphatic heterocycles. The quantitative estimate of drug-likeness (QED) is 0.192. The maximum Gasteiger partial charge on any atom is 0.225 e. The Morgan fingerprint density at radius 2 is 1.36 bits per heavy atom. The molecule has 7 rings (SSSR count). The second kappa shape index (κ2) is 12.8. The standard InChI is InChI=1S/C35H36N8O/c44-34(13-18-43-19-16-36-14-15-37-17-20-43)42-31-4-2-1-3-30(31)35-32-11-9-28(40-32)22-26-7-5-24(38-26)21-25-6-8-27(39-25)23-29-10-12-33(35)41-29/h1-12,21-23,36-38,41H,13-20H2,(H,42,44). The van der Waals surface area contributed by atoms with Crippen molar-refractivity contribution >= 4 is 58.0 Å². The highest BCUT2D eigenvalue weighted by molar-refractivity contribution is 6.00. The molecule has 0 radical (unpaired) electrons. The van der Waals surface area contributed by atoms with Crippen molar-refractivity contribution in [2.24, 2.45) is 0 Å². The Kier molecular flexibility index (Phi) is 8.14. The average Bonchev–Trinajstić information content (AvgIpc) is 3.84. The number of anilines is 1. The zero-order chi connectivity index (χ0) is 29.7. The van der Waals surface area contributed by atoms with E-state index in [0.29, 0.717) is 13.0 Å². The summed E-state index contributed by atoms with van der Waals surface area (Å²) >= 11 is 0. The molecule has 9 nitrogen and oxygen atoms in total. The van der Waals surface area contributed by atoms with Gasteiger partial charge in [0.25, 0.3) is 0 Å². The predicted octanol–water partition coefficient (Wildman–Crippen LogP) is 5.15. The second-order valence-electron chi connectivity index (χ2n) is 11.2. The van der Waals surface area contributed by atoms with Crippen molar-refractivity contribution in [3.05, 3.63) is 89.5 Å². The number of benzene rings is 1.